The van der Waals surface area contributed by atoms with Crippen molar-refractivity contribution in [1.29, 1.82) is 0 Å². The third kappa shape index (κ3) is 3.59. The Balaban J connectivity index is 1.62. The minimum atomic E-state index is -0.833. The molecule has 2 aromatic carbocycles. The lowest BCUT2D eigenvalue weighted by Gasteiger charge is -2.32. The summed E-state index contributed by atoms with van der Waals surface area (Å²) in [7, 11) is 0. The second-order valence-electron chi connectivity index (χ2n) is 7.65. The van der Waals surface area contributed by atoms with Crippen LogP contribution in [0.25, 0.3) is 11.1 Å². The van der Waals surface area contributed by atoms with Gasteiger partial charge < -0.3 is 15.2 Å². The zero-order chi connectivity index (χ0) is 21.3. The Morgan fingerprint density at radius 3 is 2.63 bits per heavy atom. The van der Waals surface area contributed by atoms with Crippen LogP contribution in [-0.2, 0) is 23.4 Å². The molecule has 0 spiro atoms. The molecule has 0 bridgehead atoms. The number of ether oxygens (including phenoxy) is 1. The van der Waals surface area contributed by atoms with Crippen molar-refractivity contribution in [2.75, 3.05) is 6.61 Å². The van der Waals surface area contributed by atoms with Crippen LogP contribution in [0.15, 0.2) is 59.4 Å². The number of benzene rings is 2. The maximum atomic E-state index is 12.8. The molecular formula is C23H23N3O4. The average molecular weight is 405 g/mol. The highest BCUT2D eigenvalue weighted by atomic mass is 16.5. The fourth-order valence-corrected chi connectivity index (χ4v) is 3.66. The maximum absolute atomic E-state index is 12.8. The molecule has 0 radical (unpaired) electrons. The molecule has 1 aliphatic heterocycles. The SMILES string of the molecule is CC1(C)OCCn2c1nc(C(=O)NCc1ccccc1-c1ccccc1)c(O)c2=O. The summed E-state index contributed by atoms with van der Waals surface area (Å²) < 4.78 is 7.04. The van der Waals surface area contributed by atoms with Crippen LogP contribution in [0.2, 0.25) is 0 Å². The molecule has 1 amide bonds. The van der Waals surface area contributed by atoms with Crippen molar-refractivity contribution in [3.63, 3.8) is 0 Å². The van der Waals surface area contributed by atoms with Crippen LogP contribution >= 0.6 is 0 Å². The summed E-state index contributed by atoms with van der Waals surface area (Å²) in [6.07, 6.45) is 0. The van der Waals surface area contributed by atoms with Crippen LogP contribution in [-0.4, -0.2) is 27.2 Å². The molecule has 2 N–H and O–H groups in total. The number of carbonyl (C=O) groups excluding carboxylic acids is 1. The topological polar surface area (TPSA) is 93.5 Å². The predicted octanol–water partition coefficient (Wildman–Crippen LogP) is 2.81. The molecule has 0 unspecified atom stereocenters. The van der Waals surface area contributed by atoms with Crippen LogP contribution in [0.5, 0.6) is 5.75 Å². The Morgan fingerprint density at radius 2 is 1.87 bits per heavy atom. The molecule has 154 valence electrons. The fourth-order valence-electron chi connectivity index (χ4n) is 3.66. The molecule has 30 heavy (non-hydrogen) atoms. The number of carbonyl (C=O) groups is 1. The van der Waals surface area contributed by atoms with Gasteiger partial charge in [-0.05, 0) is 30.5 Å². The molecule has 0 aliphatic carbocycles. The van der Waals surface area contributed by atoms with E-state index in [-0.39, 0.29) is 18.8 Å². The maximum Gasteiger partial charge on any atom is 0.296 e. The minimum Gasteiger partial charge on any atom is -0.501 e. The van der Waals surface area contributed by atoms with Gasteiger partial charge in [0.25, 0.3) is 11.5 Å². The molecule has 0 saturated heterocycles. The highest BCUT2D eigenvalue weighted by Gasteiger charge is 2.34. The van der Waals surface area contributed by atoms with Crippen molar-refractivity contribution in [3.8, 4) is 16.9 Å². The lowest BCUT2D eigenvalue weighted by Crippen LogP contribution is -2.42. The minimum absolute atomic E-state index is 0.226. The van der Waals surface area contributed by atoms with Crippen LogP contribution in [0, 0.1) is 0 Å². The van der Waals surface area contributed by atoms with Gasteiger partial charge in [0.2, 0.25) is 5.75 Å². The highest BCUT2D eigenvalue weighted by molar-refractivity contribution is 5.94. The van der Waals surface area contributed by atoms with E-state index in [1.807, 2.05) is 54.6 Å². The number of rotatable bonds is 4. The lowest BCUT2D eigenvalue weighted by atomic mass is 10.00. The van der Waals surface area contributed by atoms with Gasteiger partial charge in [0.1, 0.15) is 11.4 Å². The zero-order valence-corrected chi connectivity index (χ0v) is 16.9. The predicted molar refractivity (Wildman–Crippen MR) is 112 cm³/mol. The zero-order valence-electron chi connectivity index (χ0n) is 16.9. The van der Waals surface area contributed by atoms with Crippen molar-refractivity contribution in [2.45, 2.75) is 32.5 Å². The van der Waals surface area contributed by atoms with E-state index in [0.29, 0.717) is 12.4 Å². The average Bonchev–Trinajstić information content (AvgIpc) is 2.75. The quantitative estimate of drug-likeness (QED) is 0.696. The first-order chi connectivity index (χ1) is 14.4. The molecule has 1 aromatic heterocycles. The van der Waals surface area contributed by atoms with Gasteiger partial charge in [-0.25, -0.2) is 4.98 Å². The van der Waals surface area contributed by atoms with E-state index in [2.05, 4.69) is 10.3 Å². The van der Waals surface area contributed by atoms with Crippen molar-refractivity contribution in [3.05, 3.63) is 82.0 Å². The third-order valence-corrected chi connectivity index (χ3v) is 5.22. The summed E-state index contributed by atoms with van der Waals surface area (Å²) in [5, 5.41) is 13.1. The molecule has 2 heterocycles. The first-order valence-electron chi connectivity index (χ1n) is 9.78. The van der Waals surface area contributed by atoms with Gasteiger partial charge in [0, 0.05) is 6.54 Å². The Labute approximate surface area is 174 Å². The van der Waals surface area contributed by atoms with E-state index in [9.17, 15) is 14.7 Å². The van der Waals surface area contributed by atoms with Crippen molar-refractivity contribution in [2.24, 2.45) is 0 Å². The smallest absolute Gasteiger partial charge is 0.296 e. The van der Waals surface area contributed by atoms with Gasteiger partial charge in [-0.3, -0.25) is 14.2 Å². The summed E-state index contributed by atoms with van der Waals surface area (Å²) in [4.78, 5) is 29.7. The van der Waals surface area contributed by atoms with Crippen molar-refractivity contribution < 1.29 is 14.6 Å². The second kappa shape index (κ2) is 7.76. The fraction of sp³-hybridized carbons (Fsp3) is 0.261. The largest absolute Gasteiger partial charge is 0.501 e. The van der Waals surface area contributed by atoms with Crippen LogP contribution in [0.1, 0.15) is 35.7 Å². The number of nitrogens with one attached hydrogen (secondary N) is 1. The van der Waals surface area contributed by atoms with E-state index in [0.717, 1.165) is 16.7 Å². The Hall–Kier alpha value is -3.45. The summed E-state index contributed by atoms with van der Waals surface area (Å²) in [6.45, 7) is 4.40. The van der Waals surface area contributed by atoms with E-state index in [1.54, 1.807) is 13.8 Å². The number of fused-ring (bicyclic) bond motifs is 1. The van der Waals surface area contributed by atoms with Crippen LogP contribution in [0.4, 0.5) is 0 Å². The Bertz CT molecular complexity index is 1150. The number of hydrogen-bond acceptors (Lipinski definition) is 5. The summed E-state index contributed by atoms with van der Waals surface area (Å²) >= 11 is 0. The molecule has 0 fully saturated rings. The number of amides is 1. The molecule has 7 heteroatoms. The Kier molecular flexibility index (Phi) is 5.13. The van der Waals surface area contributed by atoms with E-state index in [1.165, 1.54) is 4.57 Å². The van der Waals surface area contributed by atoms with E-state index >= 15 is 0 Å². The normalized spacial score (nSPS) is 14.7. The van der Waals surface area contributed by atoms with Crippen LogP contribution < -0.4 is 10.9 Å². The van der Waals surface area contributed by atoms with Gasteiger partial charge in [-0.15, -0.1) is 0 Å². The van der Waals surface area contributed by atoms with Crippen LogP contribution in [0.3, 0.4) is 0 Å². The number of aromatic hydroxyl groups is 1. The van der Waals surface area contributed by atoms with Crippen molar-refractivity contribution in [1.82, 2.24) is 14.9 Å². The van der Waals surface area contributed by atoms with Gasteiger partial charge in [0.15, 0.2) is 5.69 Å². The molecule has 0 saturated carbocycles. The number of aromatic nitrogens is 2. The third-order valence-electron chi connectivity index (χ3n) is 5.22. The standard InChI is InChI=1S/C23H23N3O4/c1-23(2)22-25-18(19(27)21(29)26(22)12-13-30-23)20(28)24-14-16-10-6-7-11-17(16)15-8-4-3-5-9-15/h3-11,27H,12-14H2,1-2H3,(H,24,28). The summed E-state index contributed by atoms with van der Waals surface area (Å²) in [5.41, 5.74) is 1.19. The Morgan fingerprint density at radius 1 is 1.17 bits per heavy atom. The molecule has 0 atom stereocenters. The highest BCUT2D eigenvalue weighted by Crippen LogP contribution is 2.27. The summed E-state index contributed by atoms with van der Waals surface area (Å²) in [5.74, 6) is -0.936. The van der Waals surface area contributed by atoms with E-state index in [4.69, 9.17) is 4.74 Å². The number of nitrogens with zero attached hydrogens (tertiary/aromatic N) is 2. The molecular weight excluding hydrogens is 382 g/mol. The van der Waals surface area contributed by atoms with Gasteiger partial charge >= 0.3 is 0 Å². The van der Waals surface area contributed by atoms with E-state index < -0.39 is 22.8 Å². The second-order valence-corrected chi connectivity index (χ2v) is 7.65. The van der Waals surface area contributed by atoms with Crippen molar-refractivity contribution >= 4 is 5.91 Å². The molecule has 3 aromatic rings. The van der Waals surface area contributed by atoms with Gasteiger partial charge in [-0.2, -0.15) is 0 Å². The first-order valence-corrected chi connectivity index (χ1v) is 9.78. The molecule has 1 aliphatic rings. The first kappa shape index (κ1) is 19.8. The van der Waals surface area contributed by atoms with Gasteiger partial charge in [-0.1, -0.05) is 54.6 Å². The lowest BCUT2D eigenvalue weighted by molar-refractivity contribution is -0.0566. The molecule has 4 rings (SSSR count). The molecule has 7 nitrogen and oxygen atoms in total. The monoisotopic (exact) mass is 405 g/mol. The van der Waals surface area contributed by atoms with Gasteiger partial charge in [0.05, 0.1) is 13.2 Å². The number of hydrogen-bond donors (Lipinski definition) is 2. The summed E-state index contributed by atoms with van der Waals surface area (Å²) in [6, 6.07) is 17.6.